The van der Waals surface area contributed by atoms with Crippen molar-refractivity contribution in [2.75, 3.05) is 26.1 Å². The number of para-hydroxylation sites is 1. The Morgan fingerprint density at radius 2 is 1.50 bits per heavy atom. The SMILES string of the molecule is COC(=O)CNC(=O)C(Nc1ccccc1C(=O)c1ccccc1)c1ccc(OC)cc1. The molecule has 7 heteroatoms. The van der Waals surface area contributed by atoms with Gasteiger partial charge in [0.15, 0.2) is 5.78 Å². The van der Waals surface area contributed by atoms with Gasteiger partial charge in [-0.25, -0.2) is 0 Å². The average molecular weight is 432 g/mol. The highest BCUT2D eigenvalue weighted by molar-refractivity contribution is 6.12. The molecule has 2 N–H and O–H groups in total. The molecule has 1 amide bonds. The summed E-state index contributed by atoms with van der Waals surface area (Å²) in [6.45, 7) is -0.270. The van der Waals surface area contributed by atoms with Crippen molar-refractivity contribution in [3.63, 3.8) is 0 Å². The fourth-order valence-corrected chi connectivity index (χ4v) is 3.14. The first-order valence-electron chi connectivity index (χ1n) is 9.97. The largest absolute Gasteiger partial charge is 0.497 e. The van der Waals surface area contributed by atoms with E-state index in [4.69, 9.17) is 4.74 Å². The van der Waals surface area contributed by atoms with Crippen molar-refractivity contribution in [1.29, 1.82) is 0 Å². The molecule has 0 aliphatic carbocycles. The van der Waals surface area contributed by atoms with Crippen molar-refractivity contribution in [1.82, 2.24) is 5.32 Å². The number of anilines is 1. The van der Waals surface area contributed by atoms with Crippen LogP contribution in [0.3, 0.4) is 0 Å². The summed E-state index contributed by atoms with van der Waals surface area (Å²) in [6, 6.07) is 22.0. The van der Waals surface area contributed by atoms with Crippen LogP contribution in [-0.2, 0) is 14.3 Å². The van der Waals surface area contributed by atoms with Gasteiger partial charge in [0.25, 0.3) is 0 Å². The zero-order valence-corrected chi connectivity index (χ0v) is 17.8. The molecule has 3 rings (SSSR count). The third-order valence-corrected chi connectivity index (χ3v) is 4.85. The monoisotopic (exact) mass is 432 g/mol. The van der Waals surface area contributed by atoms with Gasteiger partial charge >= 0.3 is 5.97 Å². The number of ether oxygens (including phenoxy) is 2. The highest BCUT2D eigenvalue weighted by Crippen LogP contribution is 2.26. The van der Waals surface area contributed by atoms with Gasteiger partial charge in [0, 0.05) is 16.8 Å². The van der Waals surface area contributed by atoms with Gasteiger partial charge in [0.05, 0.1) is 14.2 Å². The summed E-state index contributed by atoms with van der Waals surface area (Å²) >= 11 is 0. The molecule has 1 unspecified atom stereocenters. The summed E-state index contributed by atoms with van der Waals surface area (Å²) in [5.41, 5.74) is 2.10. The van der Waals surface area contributed by atoms with Gasteiger partial charge < -0.3 is 20.1 Å². The molecular formula is C25H24N2O5. The molecule has 0 heterocycles. The molecule has 0 spiro atoms. The quantitative estimate of drug-likeness (QED) is 0.398. The van der Waals surface area contributed by atoms with Crippen LogP contribution in [0.15, 0.2) is 78.9 Å². The van der Waals surface area contributed by atoms with E-state index in [1.807, 2.05) is 6.07 Å². The number of hydrogen-bond donors (Lipinski definition) is 2. The fourth-order valence-electron chi connectivity index (χ4n) is 3.14. The zero-order chi connectivity index (χ0) is 22.9. The lowest BCUT2D eigenvalue weighted by atomic mass is 10.00. The number of ketones is 1. The first-order chi connectivity index (χ1) is 15.5. The lowest BCUT2D eigenvalue weighted by Gasteiger charge is -2.21. The molecule has 0 aliphatic heterocycles. The van der Waals surface area contributed by atoms with Gasteiger partial charge in [-0.05, 0) is 29.8 Å². The van der Waals surface area contributed by atoms with E-state index in [9.17, 15) is 14.4 Å². The molecule has 0 aliphatic rings. The second kappa shape index (κ2) is 10.8. The van der Waals surface area contributed by atoms with E-state index in [1.165, 1.54) is 7.11 Å². The van der Waals surface area contributed by atoms with Crippen LogP contribution in [0.2, 0.25) is 0 Å². The molecular weight excluding hydrogens is 408 g/mol. The van der Waals surface area contributed by atoms with Crippen molar-refractivity contribution in [3.8, 4) is 5.75 Å². The van der Waals surface area contributed by atoms with E-state index in [1.54, 1.807) is 79.9 Å². The number of hydrogen-bond acceptors (Lipinski definition) is 6. The molecule has 0 saturated carbocycles. The Hall–Kier alpha value is -4.13. The molecule has 0 aromatic heterocycles. The number of amides is 1. The van der Waals surface area contributed by atoms with E-state index in [0.29, 0.717) is 28.1 Å². The van der Waals surface area contributed by atoms with Gasteiger partial charge in [-0.1, -0.05) is 54.6 Å². The lowest BCUT2D eigenvalue weighted by Crippen LogP contribution is -2.37. The van der Waals surface area contributed by atoms with E-state index in [0.717, 1.165) is 0 Å². The maximum atomic E-state index is 13.1. The zero-order valence-electron chi connectivity index (χ0n) is 17.8. The Labute approximate surface area is 186 Å². The number of benzene rings is 3. The first-order valence-corrected chi connectivity index (χ1v) is 9.97. The predicted molar refractivity (Wildman–Crippen MR) is 121 cm³/mol. The summed E-state index contributed by atoms with van der Waals surface area (Å²) in [7, 11) is 2.80. The van der Waals surface area contributed by atoms with E-state index >= 15 is 0 Å². The van der Waals surface area contributed by atoms with Crippen molar-refractivity contribution in [2.24, 2.45) is 0 Å². The first kappa shape index (κ1) is 22.6. The molecule has 7 nitrogen and oxygen atoms in total. The Kier molecular flexibility index (Phi) is 7.59. The highest BCUT2D eigenvalue weighted by Gasteiger charge is 2.24. The normalized spacial score (nSPS) is 11.2. The Balaban J connectivity index is 1.93. The van der Waals surface area contributed by atoms with Crippen LogP contribution >= 0.6 is 0 Å². The minimum atomic E-state index is -0.865. The molecule has 0 radical (unpaired) electrons. The summed E-state index contributed by atoms with van der Waals surface area (Å²) < 4.78 is 9.79. The summed E-state index contributed by atoms with van der Waals surface area (Å²) in [6.07, 6.45) is 0. The van der Waals surface area contributed by atoms with Crippen LogP contribution in [0.25, 0.3) is 0 Å². The molecule has 0 saturated heterocycles. The molecule has 3 aromatic rings. The number of methoxy groups -OCH3 is 2. The molecule has 0 bridgehead atoms. The van der Waals surface area contributed by atoms with Crippen molar-refractivity contribution < 1.29 is 23.9 Å². The fraction of sp³-hybridized carbons (Fsp3) is 0.160. The number of carbonyl (C=O) groups is 3. The van der Waals surface area contributed by atoms with Crippen molar-refractivity contribution in [2.45, 2.75) is 6.04 Å². The minimum Gasteiger partial charge on any atom is -0.497 e. The number of esters is 1. The van der Waals surface area contributed by atoms with Gasteiger partial charge in [0.1, 0.15) is 18.3 Å². The smallest absolute Gasteiger partial charge is 0.325 e. The Morgan fingerprint density at radius 3 is 2.16 bits per heavy atom. The Bertz CT molecular complexity index is 1080. The lowest BCUT2D eigenvalue weighted by molar-refractivity contribution is -0.141. The van der Waals surface area contributed by atoms with Gasteiger partial charge in [-0.2, -0.15) is 0 Å². The van der Waals surface area contributed by atoms with Crippen molar-refractivity contribution in [3.05, 3.63) is 95.6 Å². The van der Waals surface area contributed by atoms with Crippen molar-refractivity contribution >= 4 is 23.3 Å². The summed E-state index contributed by atoms with van der Waals surface area (Å²) in [5.74, 6) is -0.534. The van der Waals surface area contributed by atoms with Gasteiger partial charge in [-0.15, -0.1) is 0 Å². The van der Waals surface area contributed by atoms with Crippen LogP contribution in [0.4, 0.5) is 5.69 Å². The predicted octanol–water partition coefficient (Wildman–Crippen LogP) is 3.37. The standard InChI is InChI=1S/C25H24N2O5/c1-31-19-14-12-17(13-15-19)23(25(30)26-16-22(28)32-2)27-21-11-7-6-10-20(21)24(29)18-8-4-3-5-9-18/h3-15,23,27H,16H2,1-2H3,(H,26,30). The molecule has 32 heavy (non-hydrogen) atoms. The second-order valence-electron chi connectivity index (χ2n) is 6.89. The molecule has 0 fully saturated rings. The van der Waals surface area contributed by atoms with Crippen LogP contribution in [0.1, 0.15) is 27.5 Å². The van der Waals surface area contributed by atoms with Crippen LogP contribution in [-0.4, -0.2) is 38.4 Å². The maximum Gasteiger partial charge on any atom is 0.325 e. The van der Waals surface area contributed by atoms with Crippen LogP contribution < -0.4 is 15.4 Å². The number of carbonyl (C=O) groups excluding carboxylic acids is 3. The topological polar surface area (TPSA) is 93.7 Å². The molecule has 164 valence electrons. The maximum absolute atomic E-state index is 13.1. The minimum absolute atomic E-state index is 0.169. The van der Waals surface area contributed by atoms with E-state index in [2.05, 4.69) is 15.4 Å². The Morgan fingerprint density at radius 1 is 0.844 bits per heavy atom. The highest BCUT2D eigenvalue weighted by atomic mass is 16.5. The summed E-state index contributed by atoms with van der Waals surface area (Å²) in [5, 5.41) is 5.74. The van der Waals surface area contributed by atoms with E-state index in [-0.39, 0.29) is 12.3 Å². The van der Waals surface area contributed by atoms with Gasteiger partial charge in [0.2, 0.25) is 5.91 Å². The summed E-state index contributed by atoms with van der Waals surface area (Å²) in [4.78, 5) is 37.5. The molecule has 3 aromatic carbocycles. The second-order valence-corrected chi connectivity index (χ2v) is 6.89. The third kappa shape index (κ3) is 5.51. The number of nitrogens with one attached hydrogen (secondary N) is 2. The number of rotatable bonds is 9. The molecule has 1 atom stereocenters. The average Bonchev–Trinajstić information content (AvgIpc) is 2.86. The van der Waals surface area contributed by atoms with Crippen LogP contribution in [0, 0.1) is 0 Å². The third-order valence-electron chi connectivity index (χ3n) is 4.85. The van der Waals surface area contributed by atoms with E-state index < -0.39 is 17.9 Å². The van der Waals surface area contributed by atoms with Gasteiger partial charge in [-0.3, -0.25) is 14.4 Å². The van der Waals surface area contributed by atoms with Crippen LogP contribution in [0.5, 0.6) is 5.75 Å².